The van der Waals surface area contributed by atoms with Gasteiger partial charge in [-0.15, -0.1) is 0 Å². The first-order chi connectivity index (χ1) is 8.55. The van der Waals surface area contributed by atoms with Crippen molar-refractivity contribution in [3.63, 3.8) is 0 Å². The SMILES string of the molecule is CC1(C)CN(c2ccc(C#N)cc2)C(CO)CN1. The summed E-state index contributed by atoms with van der Waals surface area (Å²) in [5, 5.41) is 21.7. The van der Waals surface area contributed by atoms with E-state index in [2.05, 4.69) is 30.1 Å². The Labute approximate surface area is 108 Å². The first-order valence-electron chi connectivity index (χ1n) is 6.18. The molecule has 96 valence electrons. The number of aliphatic hydroxyl groups excluding tert-OH is 1. The third-order valence-corrected chi connectivity index (χ3v) is 3.36. The van der Waals surface area contributed by atoms with Crippen molar-refractivity contribution in [2.45, 2.75) is 25.4 Å². The lowest BCUT2D eigenvalue weighted by molar-refractivity contribution is 0.215. The van der Waals surface area contributed by atoms with Crippen LogP contribution in [0.15, 0.2) is 24.3 Å². The van der Waals surface area contributed by atoms with Crippen molar-refractivity contribution in [2.24, 2.45) is 0 Å². The third-order valence-electron chi connectivity index (χ3n) is 3.36. The predicted octanol–water partition coefficient (Wildman–Crippen LogP) is 1.11. The summed E-state index contributed by atoms with van der Waals surface area (Å²) >= 11 is 0. The molecule has 0 spiro atoms. The minimum atomic E-state index is 0.0274. The molecule has 18 heavy (non-hydrogen) atoms. The number of hydrogen-bond donors (Lipinski definition) is 2. The summed E-state index contributed by atoms with van der Waals surface area (Å²) in [6.07, 6.45) is 0. The van der Waals surface area contributed by atoms with Gasteiger partial charge in [-0.2, -0.15) is 5.26 Å². The maximum absolute atomic E-state index is 9.46. The van der Waals surface area contributed by atoms with E-state index in [9.17, 15) is 5.11 Å². The van der Waals surface area contributed by atoms with E-state index in [1.165, 1.54) is 0 Å². The first-order valence-corrected chi connectivity index (χ1v) is 6.18. The largest absolute Gasteiger partial charge is 0.394 e. The van der Waals surface area contributed by atoms with Gasteiger partial charge in [0.1, 0.15) is 0 Å². The van der Waals surface area contributed by atoms with Gasteiger partial charge in [0, 0.05) is 24.3 Å². The fourth-order valence-corrected chi connectivity index (χ4v) is 2.31. The van der Waals surface area contributed by atoms with Crippen LogP contribution in [0.4, 0.5) is 5.69 Å². The fraction of sp³-hybridized carbons (Fsp3) is 0.500. The highest BCUT2D eigenvalue weighted by atomic mass is 16.3. The fourth-order valence-electron chi connectivity index (χ4n) is 2.31. The Morgan fingerprint density at radius 3 is 2.67 bits per heavy atom. The zero-order chi connectivity index (χ0) is 13.2. The van der Waals surface area contributed by atoms with Crippen LogP contribution < -0.4 is 10.2 Å². The molecular weight excluding hydrogens is 226 g/mol. The number of benzene rings is 1. The van der Waals surface area contributed by atoms with Crippen LogP contribution in [0, 0.1) is 11.3 Å². The molecule has 4 heteroatoms. The van der Waals surface area contributed by atoms with Crippen molar-refractivity contribution < 1.29 is 5.11 Å². The van der Waals surface area contributed by atoms with Gasteiger partial charge in [-0.05, 0) is 38.1 Å². The van der Waals surface area contributed by atoms with Crippen LogP contribution in [-0.2, 0) is 0 Å². The van der Waals surface area contributed by atoms with Gasteiger partial charge in [-0.3, -0.25) is 0 Å². The van der Waals surface area contributed by atoms with Gasteiger partial charge in [-0.25, -0.2) is 0 Å². The summed E-state index contributed by atoms with van der Waals surface area (Å²) in [7, 11) is 0. The molecule has 0 radical (unpaired) electrons. The molecule has 0 aromatic heterocycles. The molecule has 4 nitrogen and oxygen atoms in total. The van der Waals surface area contributed by atoms with Crippen LogP contribution in [0.3, 0.4) is 0 Å². The van der Waals surface area contributed by atoms with E-state index in [4.69, 9.17) is 5.26 Å². The summed E-state index contributed by atoms with van der Waals surface area (Å²) in [5.41, 5.74) is 1.75. The Morgan fingerprint density at radius 2 is 2.11 bits per heavy atom. The van der Waals surface area contributed by atoms with E-state index >= 15 is 0 Å². The third kappa shape index (κ3) is 2.63. The molecule has 1 unspecified atom stereocenters. The highest BCUT2D eigenvalue weighted by Gasteiger charge is 2.32. The van der Waals surface area contributed by atoms with Crippen molar-refractivity contribution in [1.29, 1.82) is 5.26 Å². The molecule has 2 N–H and O–H groups in total. The van der Waals surface area contributed by atoms with E-state index in [0.29, 0.717) is 5.56 Å². The molecule has 1 heterocycles. The van der Waals surface area contributed by atoms with E-state index in [0.717, 1.165) is 18.8 Å². The number of piperazine rings is 1. The molecule has 1 aliphatic rings. The quantitative estimate of drug-likeness (QED) is 0.819. The van der Waals surface area contributed by atoms with Gasteiger partial charge in [-0.1, -0.05) is 0 Å². The Hall–Kier alpha value is -1.57. The normalized spacial score (nSPS) is 22.6. The summed E-state index contributed by atoms with van der Waals surface area (Å²) in [6.45, 7) is 6.03. The highest BCUT2D eigenvalue weighted by molar-refractivity contribution is 5.51. The topological polar surface area (TPSA) is 59.3 Å². The number of rotatable bonds is 2. The molecule has 1 saturated heterocycles. The lowest BCUT2D eigenvalue weighted by atomic mass is 9.98. The summed E-state index contributed by atoms with van der Waals surface area (Å²) in [6, 6.07) is 9.74. The Kier molecular flexibility index (Phi) is 3.55. The second-order valence-corrected chi connectivity index (χ2v) is 5.39. The standard InChI is InChI=1S/C14H19N3O/c1-14(2)10-17(13(9-18)8-16-14)12-5-3-11(7-15)4-6-12/h3-6,13,16,18H,8-10H2,1-2H3. The number of hydrogen-bond acceptors (Lipinski definition) is 4. The summed E-state index contributed by atoms with van der Waals surface area (Å²) in [5.74, 6) is 0. The number of anilines is 1. The van der Waals surface area contributed by atoms with Crippen molar-refractivity contribution in [2.75, 3.05) is 24.6 Å². The van der Waals surface area contributed by atoms with Gasteiger partial charge >= 0.3 is 0 Å². The van der Waals surface area contributed by atoms with Crippen LogP contribution >= 0.6 is 0 Å². The lowest BCUT2D eigenvalue weighted by Crippen LogP contribution is -2.62. The predicted molar refractivity (Wildman–Crippen MR) is 71.5 cm³/mol. The van der Waals surface area contributed by atoms with Gasteiger partial charge in [0.15, 0.2) is 0 Å². The number of aliphatic hydroxyl groups is 1. The summed E-state index contributed by atoms with van der Waals surface area (Å²) < 4.78 is 0. The Balaban J connectivity index is 2.24. The smallest absolute Gasteiger partial charge is 0.0991 e. The monoisotopic (exact) mass is 245 g/mol. The van der Waals surface area contributed by atoms with Gasteiger partial charge < -0.3 is 15.3 Å². The van der Waals surface area contributed by atoms with Crippen molar-refractivity contribution in [3.05, 3.63) is 29.8 Å². The second kappa shape index (κ2) is 4.97. The first kappa shape index (κ1) is 12.9. The average Bonchev–Trinajstić information content (AvgIpc) is 2.38. The lowest BCUT2D eigenvalue weighted by Gasteiger charge is -2.45. The molecular formula is C14H19N3O. The molecule has 1 aromatic rings. The average molecular weight is 245 g/mol. The number of nitriles is 1. The van der Waals surface area contributed by atoms with Gasteiger partial charge in [0.25, 0.3) is 0 Å². The van der Waals surface area contributed by atoms with Crippen LogP contribution in [0.1, 0.15) is 19.4 Å². The van der Waals surface area contributed by atoms with E-state index in [-0.39, 0.29) is 18.2 Å². The maximum atomic E-state index is 9.46. The maximum Gasteiger partial charge on any atom is 0.0991 e. The Bertz CT molecular complexity index is 447. The molecule has 0 saturated carbocycles. The molecule has 1 aliphatic heterocycles. The van der Waals surface area contributed by atoms with Crippen LogP contribution in [0.2, 0.25) is 0 Å². The zero-order valence-electron chi connectivity index (χ0n) is 10.8. The zero-order valence-corrected chi connectivity index (χ0v) is 10.8. The van der Waals surface area contributed by atoms with Crippen molar-refractivity contribution in [1.82, 2.24) is 5.32 Å². The molecule has 0 aliphatic carbocycles. The van der Waals surface area contributed by atoms with Crippen molar-refractivity contribution in [3.8, 4) is 6.07 Å². The molecule has 0 amide bonds. The number of nitrogens with zero attached hydrogens (tertiary/aromatic N) is 2. The van der Waals surface area contributed by atoms with E-state index in [1.54, 1.807) is 0 Å². The van der Waals surface area contributed by atoms with Crippen molar-refractivity contribution >= 4 is 5.69 Å². The molecule has 0 bridgehead atoms. The van der Waals surface area contributed by atoms with E-state index < -0.39 is 0 Å². The summed E-state index contributed by atoms with van der Waals surface area (Å²) in [4.78, 5) is 2.21. The van der Waals surface area contributed by atoms with Crippen LogP contribution in [0.25, 0.3) is 0 Å². The minimum Gasteiger partial charge on any atom is -0.394 e. The minimum absolute atomic E-state index is 0.0274. The Morgan fingerprint density at radius 1 is 1.44 bits per heavy atom. The van der Waals surface area contributed by atoms with Gasteiger partial charge in [0.2, 0.25) is 0 Å². The van der Waals surface area contributed by atoms with E-state index in [1.807, 2.05) is 24.3 Å². The molecule has 1 fully saturated rings. The number of nitrogens with one attached hydrogen (secondary N) is 1. The van der Waals surface area contributed by atoms with Gasteiger partial charge in [0.05, 0.1) is 24.3 Å². The van der Waals surface area contributed by atoms with Crippen LogP contribution in [0.5, 0.6) is 0 Å². The molecule has 1 aromatic carbocycles. The van der Waals surface area contributed by atoms with Crippen LogP contribution in [-0.4, -0.2) is 36.4 Å². The molecule has 1 atom stereocenters. The molecule has 2 rings (SSSR count). The highest BCUT2D eigenvalue weighted by Crippen LogP contribution is 2.23. The second-order valence-electron chi connectivity index (χ2n) is 5.39.